The van der Waals surface area contributed by atoms with Crippen molar-refractivity contribution in [2.45, 2.75) is 6.92 Å². The van der Waals surface area contributed by atoms with Crippen LogP contribution in [0.1, 0.15) is 5.56 Å². The summed E-state index contributed by atoms with van der Waals surface area (Å²) >= 11 is 6.93. The van der Waals surface area contributed by atoms with Gasteiger partial charge in [-0.25, -0.2) is 0 Å². The third-order valence-corrected chi connectivity index (χ3v) is 3.96. The number of anilines is 1. The van der Waals surface area contributed by atoms with Gasteiger partial charge in [-0.2, -0.15) is 0 Å². The molecule has 2 rings (SSSR count). The summed E-state index contributed by atoms with van der Waals surface area (Å²) in [7, 11) is 0. The Morgan fingerprint density at radius 3 is 3.11 bits per heavy atom. The predicted octanol–water partition coefficient (Wildman–Crippen LogP) is 2.95. The average Bonchev–Trinajstić information content (AvgIpc) is 2.72. The molecule has 0 atom stereocenters. The third-order valence-electron chi connectivity index (χ3n) is 2.40. The highest BCUT2D eigenvalue weighted by molar-refractivity contribution is 7.72. The van der Waals surface area contributed by atoms with Gasteiger partial charge in [0, 0.05) is 18.2 Å². The smallest absolute Gasteiger partial charge is 0.195 e. The summed E-state index contributed by atoms with van der Waals surface area (Å²) in [5.74, 6) is 0.654. The number of hydrogen-bond acceptors (Lipinski definition) is 6. The Labute approximate surface area is 114 Å². The molecular weight excluding hydrogens is 270 g/mol. The fourth-order valence-corrected chi connectivity index (χ4v) is 2.78. The second-order valence-corrected chi connectivity index (χ2v) is 5.13. The molecule has 0 aliphatic heterocycles. The van der Waals surface area contributed by atoms with Gasteiger partial charge in [0.2, 0.25) is 0 Å². The largest absolute Gasteiger partial charge is 0.440 e. The van der Waals surface area contributed by atoms with E-state index in [9.17, 15) is 0 Å². The van der Waals surface area contributed by atoms with Gasteiger partial charge in [0.25, 0.3) is 0 Å². The Morgan fingerprint density at radius 1 is 1.50 bits per heavy atom. The highest BCUT2D eigenvalue weighted by atomic mass is 32.1. The molecule has 0 aromatic carbocycles. The summed E-state index contributed by atoms with van der Waals surface area (Å²) in [4.78, 5) is 0. The van der Waals surface area contributed by atoms with Crippen molar-refractivity contribution >= 4 is 39.7 Å². The lowest BCUT2D eigenvalue weighted by Gasteiger charge is -2.06. The maximum Gasteiger partial charge on any atom is 0.195 e. The lowest BCUT2D eigenvalue weighted by atomic mass is 10.3. The first-order valence-corrected chi connectivity index (χ1v) is 6.95. The molecule has 0 amide bonds. The van der Waals surface area contributed by atoms with Gasteiger partial charge < -0.3 is 19.6 Å². The summed E-state index contributed by atoms with van der Waals surface area (Å²) in [5.41, 5.74) is 1.95. The summed E-state index contributed by atoms with van der Waals surface area (Å²) in [6.45, 7) is 3.54. The van der Waals surface area contributed by atoms with Crippen molar-refractivity contribution in [1.82, 2.24) is 0 Å². The van der Waals surface area contributed by atoms with Crippen LogP contribution in [0.15, 0.2) is 15.9 Å². The number of aryl methyl sites for hydroxylation is 1. The van der Waals surface area contributed by atoms with Crippen LogP contribution in [0.25, 0.3) is 10.3 Å². The first-order chi connectivity index (χ1) is 8.72. The van der Waals surface area contributed by atoms with Crippen LogP contribution in [-0.2, 0) is 4.74 Å². The van der Waals surface area contributed by atoms with E-state index in [2.05, 4.69) is 5.32 Å². The van der Waals surface area contributed by atoms with Crippen LogP contribution >= 0.6 is 23.6 Å². The molecule has 6 heteroatoms. The van der Waals surface area contributed by atoms with Crippen LogP contribution in [0.3, 0.4) is 0 Å². The summed E-state index contributed by atoms with van der Waals surface area (Å²) in [6.07, 6.45) is 0. The number of nitrogens with one attached hydrogen (secondary N) is 1. The van der Waals surface area contributed by atoms with E-state index in [1.54, 1.807) is 11.3 Å². The minimum absolute atomic E-state index is 0.0424. The fourth-order valence-electron chi connectivity index (χ4n) is 1.55. The average molecular weight is 285 g/mol. The number of hydrogen-bond donors (Lipinski definition) is 2. The Morgan fingerprint density at radius 2 is 2.33 bits per heavy atom. The molecule has 2 aromatic heterocycles. The molecule has 2 aromatic rings. The topological polar surface area (TPSA) is 54.6 Å². The van der Waals surface area contributed by atoms with Gasteiger partial charge in [-0.1, -0.05) is 12.2 Å². The van der Waals surface area contributed by atoms with Gasteiger partial charge in [-0.05, 0) is 12.3 Å². The van der Waals surface area contributed by atoms with Crippen LogP contribution in [-0.4, -0.2) is 31.5 Å². The third kappa shape index (κ3) is 3.08. The van der Waals surface area contributed by atoms with Crippen molar-refractivity contribution in [3.05, 3.63) is 21.5 Å². The van der Waals surface area contributed by atoms with Crippen molar-refractivity contribution in [3.63, 3.8) is 0 Å². The Kier molecular flexibility index (Phi) is 4.71. The minimum atomic E-state index is 0.0424. The number of thiophene rings is 1. The highest BCUT2D eigenvalue weighted by Gasteiger charge is 2.06. The molecule has 0 aliphatic carbocycles. The van der Waals surface area contributed by atoms with Crippen molar-refractivity contribution in [1.29, 1.82) is 0 Å². The fraction of sp³-hybridized carbons (Fsp3) is 0.417. The van der Waals surface area contributed by atoms with Crippen molar-refractivity contribution in [2.24, 2.45) is 0 Å². The van der Waals surface area contributed by atoms with E-state index in [-0.39, 0.29) is 6.61 Å². The maximum absolute atomic E-state index is 8.57. The second-order valence-electron chi connectivity index (χ2n) is 3.81. The van der Waals surface area contributed by atoms with E-state index in [0.717, 1.165) is 20.4 Å². The molecule has 0 saturated heterocycles. The number of fused-ring (bicyclic) bond motifs is 1. The van der Waals surface area contributed by atoms with E-state index in [1.807, 2.05) is 18.4 Å². The molecule has 0 spiro atoms. The van der Waals surface area contributed by atoms with Crippen molar-refractivity contribution in [2.75, 3.05) is 31.7 Å². The molecule has 0 fully saturated rings. The predicted molar refractivity (Wildman–Crippen MR) is 76.1 cm³/mol. The molecule has 98 valence electrons. The molecule has 0 bridgehead atoms. The van der Waals surface area contributed by atoms with E-state index in [1.165, 1.54) is 0 Å². The SMILES string of the molecule is Cc1csc2c(=S)cc(NCCOCCO)oc12. The zero-order valence-corrected chi connectivity index (χ0v) is 11.7. The van der Waals surface area contributed by atoms with Crippen molar-refractivity contribution < 1.29 is 14.3 Å². The maximum atomic E-state index is 8.57. The highest BCUT2D eigenvalue weighted by Crippen LogP contribution is 2.29. The van der Waals surface area contributed by atoms with Gasteiger partial charge in [0.1, 0.15) is 0 Å². The molecule has 18 heavy (non-hydrogen) atoms. The van der Waals surface area contributed by atoms with E-state index in [0.29, 0.717) is 25.6 Å². The number of aliphatic hydroxyl groups excluding tert-OH is 1. The Bertz CT molecular complexity index is 576. The molecule has 0 radical (unpaired) electrons. The van der Waals surface area contributed by atoms with Crippen LogP contribution < -0.4 is 5.32 Å². The molecular formula is C12H15NO3S2. The lowest BCUT2D eigenvalue weighted by molar-refractivity contribution is 0.0990. The van der Waals surface area contributed by atoms with E-state index in [4.69, 9.17) is 26.5 Å². The number of aliphatic hydroxyl groups is 1. The van der Waals surface area contributed by atoms with Gasteiger partial charge in [-0.3, -0.25) is 0 Å². The second kappa shape index (κ2) is 6.29. The molecule has 0 saturated carbocycles. The van der Waals surface area contributed by atoms with E-state index < -0.39 is 0 Å². The molecule has 4 nitrogen and oxygen atoms in total. The number of ether oxygens (including phenoxy) is 1. The molecule has 0 unspecified atom stereocenters. The van der Waals surface area contributed by atoms with Crippen LogP contribution in [0.2, 0.25) is 0 Å². The minimum Gasteiger partial charge on any atom is -0.440 e. The van der Waals surface area contributed by atoms with Gasteiger partial charge >= 0.3 is 0 Å². The summed E-state index contributed by atoms with van der Waals surface area (Å²) < 4.78 is 12.7. The first-order valence-electron chi connectivity index (χ1n) is 5.67. The molecule has 2 N–H and O–H groups in total. The molecule has 0 aliphatic rings. The first kappa shape index (κ1) is 13.5. The van der Waals surface area contributed by atoms with Crippen molar-refractivity contribution in [3.8, 4) is 0 Å². The zero-order valence-electron chi connectivity index (χ0n) is 10.1. The number of rotatable bonds is 6. The summed E-state index contributed by atoms with van der Waals surface area (Å²) in [6, 6.07) is 1.82. The van der Waals surface area contributed by atoms with Crippen LogP contribution in [0.5, 0.6) is 0 Å². The summed E-state index contributed by atoms with van der Waals surface area (Å²) in [5, 5.41) is 13.7. The monoisotopic (exact) mass is 285 g/mol. The van der Waals surface area contributed by atoms with Gasteiger partial charge in [0.05, 0.1) is 29.0 Å². The normalized spacial score (nSPS) is 11.0. The standard InChI is InChI=1S/C12H15NO3S2/c1-8-7-18-12-9(17)6-10(16-11(8)12)13-2-4-15-5-3-14/h6-7,13-14H,2-5H2,1H3. The zero-order chi connectivity index (χ0) is 13.0. The van der Waals surface area contributed by atoms with E-state index >= 15 is 0 Å². The lowest BCUT2D eigenvalue weighted by Crippen LogP contribution is -2.11. The Balaban J connectivity index is 2.05. The van der Waals surface area contributed by atoms with Gasteiger partial charge in [0.15, 0.2) is 11.5 Å². The quantitative estimate of drug-likeness (QED) is 0.631. The molecule has 2 heterocycles. The Hall–Kier alpha value is -0.950. The van der Waals surface area contributed by atoms with Crippen LogP contribution in [0, 0.1) is 11.4 Å². The van der Waals surface area contributed by atoms with Gasteiger partial charge in [-0.15, -0.1) is 11.3 Å². The van der Waals surface area contributed by atoms with Crippen LogP contribution in [0.4, 0.5) is 5.88 Å².